The summed E-state index contributed by atoms with van der Waals surface area (Å²) in [6, 6.07) is 9.84. The molecule has 1 atom stereocenters. The second kappa shape index (κ2) is 7.00. The van der Waals surface area contributed by atoms with Crippen LogP contribution < -0.4 is 10.1 Å². The van der Waals surface area contributed by atoms with Crippen molar-refractivity contribution < 1.29 is 22.3 Å². The molecule has 5 nitrogen and oxygen atoms in total. The van der Waals surface area contributed by atoms with Crippen LogP contribution in [0.4, 0.5) is 4.39 Å². The average Bonchev–Trinajstić information content (AvgIpc) is 2.54. The van der Waals surface area contributed by atoms with E-state index in [4.69, 9.17) is 4.74 Å². The van der Waals surface area contributed by atoms with E-state index >= 15 is 0 Å². The second-order valence-electron chi connectivity index (χ2n) is 5.39. The Bertz CT molecular complexity index is 847. The van der Waals surface area contributed by atoms with Crippen molar-refractivity contribution in [1.29, 1.82) is 0 Å². The smallest absolute Gasteiger partial charge is 0.251 e. The number of sulfone groups is 1. The normalized spacial score (nSPS) is 12.5. The molecule has 0 heterocycles. The molecule has 2 aromatic carbocycles. The van der Waals surface area contributed by atoms with Crippen LogP contribution in [0.15, 0.2) is 47.4 Å². The zero-order valence-electron chi connectivity index (χ0n) is 13.5. The third-order valence-corrected chi connectivity index (χ3v) is 4.70. The molecule has 0 aliphatic rings. The first kappa shape index (κ1) is 17.9. The molecule has 0 fully saturated rings. The Morgan fingerprint density at radius 3 is 2.29 bits per heavy atom. The molecule has 2 aromatic rings. The summed E-state index contributed by atoms with van der Waals surface area (Å²) >= 11 is 0. The zero-order chi connectivity index (χ0) is 17.9. The van der Waals surface area contributed by atoms with Crippen molar-refractivity contribution in [3.8, 4) is 5.75 Å². The van der Waals surface area contributed by atoms with Crippen LogP contribution in [0.1, 0.15) is 28.9 Å². The van der Waals surface area contributed by atoms with Crippen LogP contribution in [0, 0.1) is 5.82 Å². The molecule has 0 aliphatic heterocycles. The number of carbonyl (C=O) groups is 1. The van der Waals surface area contributed by atoms with Crippen molar-refractivity contribution in [3.63, 3.8) is 0 Å². The quantitative estimate of drug-likeness (QED) is 0.899. The maximum atomic E-state index is 13.7. The van der Waals surface area contributed by atoms with E-state index in [1.807, 2.05) is 0 Å². The van der Waals surface area contributed by atoms with E-state index in [1.165, 1.54) is 31.4 Å². The minimum atomic E-state index is -3.26. The lowest BCUT2D eigenvalue weighted by atomic mass is 10.1. The number of hydrogen-bond donors (Lipinski definition) is 1. The van der Waals surface area contributed by atoms with Gasteiger partial charge in [0.1, 0.15) is 0 Å². The predicted molar refractivity (Wildman–Crippen MR) is 88.4 cm³/mol. The highest BCUT2D eigenvalue weighted by atomic mass is 32.2. The number of ether oxygens (including phenoxy) is 1. The Kier molecular flexibility index (Phi) is 5.23. The molecule has 128 valence electrons. The van der Waals surface area contributed by atoms with Crippen LogP contribution in [-0.2, 0) is 9.84 Å². The Morgan fingerprint density at radius 2 is 1.79 bits per heavy atom. The summed E-state index contributed by atoms with van der Waals surface area (Å²) in [7, 11) is -1.92. The highest BCUT2D eigenvalue weighted by Gasteiger charge is 2.14. The minimum absolute atomic E-state index is 0.0657. The molecule has 2 rings (SSSR count). The highest BCUT2D eigenvalue weighted by molar-refractivity contribution is 7.90. The maximum Gasteiger partial charge on any atom is 0.251 e. The van der Waals surface area contributed by atoms with Gasteiger partial charge >= 0.3 is 0 Å². The van der Waals surface area contributed by atoms with E-state index < -0.39 is 21.6 Å². The third-order valence-electron chi connectivity index (χ3n) is 3.57. The molecular formula is C17H18FNO4S. The Hall–Kier alpha value is -2.41. The number of hydrogen-bond acceptors (Lipinski definition) is 4. The van der Waals surface area contributed by atoms with Gasteiger partial charge in [-0.2, -0.15) is 0 Å². The van der Waals surface area contributed by atoms with E-state index in [2.05, 4.69) is 5.32 Å². The molecule has 0 spiro atoms. The first-order chi connectivity index (χ1) is 11.2. The fourth-order valence-electron chi connectivity index (χ4n) is 2.17. The van der Waals surface area contributed by atoms with Gasteiger partial charge in [0, 0.05) is 11.8 Å². The molecule has 1 N–H and O–H groups in total. The van der Waals surface area contributed by atoms with E-state index in [0.29, 0.717) is 0 Å². The summed E-state index contributed by atoms with van der Waals surface area (Å²) in [4.78, 5) is 12.4. The van der Waals surface area contributed by atoms with Crippen molar-refractivity contribution in [1.82, 2.24) is 5.32 Å². The van der Waals surface area contributed by atoms with Crippen molar-refractivity contribution in [2.24, 2.45) is 0 Å². The average molecular weight is 351 g/mol. The van der Waals surface area contributed by atoms with Gasteiger partial charge in [-0.15, -0.1) is 0 Å². The largest absolute Gasteiger partial charge is 0.494 e. The van der Waals surface area contributed by atoms with Gasteiger partial charge in [-0.05, 0) is 42.8 Å². The summed E-state index contributed by atoms with van der Waals surface area (Å²) in [6.07, 6.45) is 1.13. The van der Waals surface area contributed by atoms with Crippen molar-refractivity contribution in [2.45, 2.75) is 17.9 Å². The lowest BCUT2D eigenvalue weighted by molar-refractivity contribution is 0.0939. The molecular weight excluding hydrogens is 333 g/mol. The molecule has 1 unspecified atom stereocenters. The van der Waals surface area contributed by atoms with Gasteiger partial charge in [0.2, 0.25) is 0 Å². The Labute approximate surface area is 140 Å². The summed E-state index contributed by atoms with van der Waals surface area (Å²) in [5.74, 6) is -0.984. The molecule has 0 bridgehead atoms. The molecule has 1 amide bonds. The van der Waals surface area contributed by atoms with Gasteiger partial charge in [0.15, 0.2) is 21.4 Å². The van der Waals surface area contributed by atoms with E-state index in [9.17, 15) is 17.6 Å². The van der Waals surface area contributed by atoms with Crippen molar-refractivity contribution in [3.05, 3.63) is 59.4 Å². The van der Waals surface area contributed by atoms with Gasteiger partial charge in [-0.25, -0.2) is 12.8 Å². The molecule has 0 radical (unpaired) electrons. The van der Waals surface area contributed by atoms with Crippen LogP contribution in [0.25, 0.3) is 0 Å². The van der Waals surface area contributed by atoms with E-state index in [-0.39, 0.29) is 22.3 Å². The molecule has 7 heteroatoms. The lowest BCUT2D eigenvalue weighted by Gasteiger charge is -2.15. The zero-order valence-corrected chi connectivity index (χ0v) is 14.4. The van der Waals surface area contributed by atoms with Crippen molar-refractivity contribution in [2.75, 3.05) is 13.4 Å². The number of methoxy groups -OCH3 is 1. The lowest BCUT2D eigenvalue weighted by Crippen LogP contribution is -2.26. The standard InChI is InChI=1S/C17H18FNO4S/c1-11(12-4-7-14(8-5-12)24(3,21)22)19-17(20)13-6-9-16(23-2)15(18)10-13/h4-11H,1-3H3,(H,19,20). The van der Waals surface area contributed by atoms with Crippen LogP contribution in [0.3, 0.4) is 0 Å². The number of benzene rings is 2. The van der Waals surface area contributed by atoms with Gasteiger partial charge in [-0.3, -0.25) is 4.79 Å². The van der Waals surface area contributed by atoms with E-state index in [1.54, 1.807) is 19.1 Å². The number of carbonyl (C=O) groups excluding carboxylic acids is 1. The molecule has 24 heavy (non-hydrogen) atoms. The third kappa shape index (κ3) is 4.11. The first-order valence-electron chi connectivity index (χ1n) is 7.17. The van der Waals surface area contributed by atoms with Crippen LogP contribution >= 0.6 is 0 Å². The summed E-state index contributed by atoms with van der Waals surface area (Å²) in [6.45, 7) is 1.76. The number of amides is 1. The first-order valence-corrected chi connectivity index (χ1v) is 9.06. The Morgan fingerprint density at radius 1 is 1.17 bits per heavy atom. The number of nitrogens with one attached hydrogen (secondary N) is 1. The molecule has 0 saturated carbocycles. The molecule has 0 saturated heterocycles. The molecule has 0 aromatic heterocycles. The van der Waals surface area contributed by atoms with Crippen molar-refractivity contribution >= 4 is 15.7 Å². The van der Waals surface area contributed by atoms with Crippen LogP contribution in [-0.4, -0.2) is 27.7 Å². The van der Waals surface area contributed by atoms with Gasteiger partial charge in [-0.1, -0.05) is 12.1 Å². The van der Waals surface area contributed by atoms with Crippen LogP contribution in [0.2, 0.25) is 0 Å². The summed E-state index contributed by atoms with van der Waals surface area (Å²) in [5.41, 5.74) is 0.914. The maximum absolute atomic E-state index is 13.7. The topological polar surface area (TPSA) is 72.5 Å². The minimum Gasteiger partial charge on any atom is -0.494 e. The van der Waals surface area contributed by atoms with Gasteiger partial charge < -0.3 is 10.1 Å². The second-order valence-corrected chi connectivity index (χ2v) is 7.40. The fraction of sp³-hybridized carbons (Fsp3) is 0.235. The number of rotatable bonds is 5. The summed E-state index contributed by atoms with van der Waals surface area (Å²) in [5, 5.41) is 2.74. The van der Waals surface area contributed by atoms with Gasteiger partial charge in [0.25, 0.3) is 5.91 Å². The highest BCUT2D eigenvalue weighted by Crippen LogP contribution is 2.20. The van der Waals surface area contributed by atoms with Gasteiger partial charge in [0.05, 0.1) is 18.0 Å². The van der Waals surface area contributed by atoms with Crippen LogP contribution in [0.5, 0.6) is 5.75 Å². The molecule has 0 aliphatic carbocycles. The fourth-order valence-corrected chi connectivity index (χ4v) is 2.81. The summed E-state index contributed by atoms with van der Waals surface area (Å²) < 4.78 is 41.4. The monoisotopic (exact) mass is 351 g/mol. The Balaban J connectivity index is 2.12. The number of halogens is 1. The predicted octanol–water partition coefficient (Wildman–Crippen LogP) is 2.73. The van der Waals surface area contributed by atoms with E-state index in [0.717, 1.165) is 17.9 Å². The SMILES string of the molecule is COc1ccc(C(=O)NC(C)c2ccc(S(C)(=O)=O)cc2)cc1F.